The monoisotopic (exact) mass is 149 g/mol. The van der Waals surface area contributed by atoms with Gasteiger partial charge in [-0.1, -0.05) is 31.2 Å². The van der Waals surface area contributed by atoms with Gasteiger partial charge in [0.1, 0.15) is 0 Å². The highest BCUT2D eigenvalue weighted by Crippen LogP contribution is 2.04. The van der Waals surface area contributed by atoms with Crippen molar-refractivity contribution < 1.29 is 0 Å². The molecule has 0 aliphatic heterocycles. The van der Waals surface area contributed by atoms with Crippen LogP contribution in [0.15, 0.2) is 24.3 Å². The molecule has 0 heterocycles. The molecule has 11 heavy (non-hydrogen) atoms. The fourth-order valence-electron chi connectivity index (χ4n) is 1.16. The van der Waals surface area contributed by atoms with Gasteiger partial charge >= 0.3 is 0 Å². The maximum absolute atomic E-state index is 3.14. The molecule has 0 aliphatic carbocycles. The van der Waals surface area contributed by atoms with Gasteiger partial charge in [0.05, 0.1) is 0 Å². The first-order valence-electron chi connectivity index (χ1n) is 4.09. The van der Waals surface area contributed by atoms with E-state index < -0.39 is 0 Å². The van der Waals surface area contributed by atoms with E-state index >= 15 is 0 Å². The summed E-state index contributed by atoms with van der Waals surface area (Å²) in [5.74, 6) is 0. The Bertz CT molecular complexity index is 218. The third-order valence-corrected chi connectivity index (χ3v) is 1.78. The van der Waals surface area contributed by atoms with Gasteiger partial charge in [0.2, 0.25) is 0 Å². The molecule has 0 fully saturated rings. The van der Waals surface area contributed by atoms with Crippen molar-refractivity contribution in [3.8, 4) is 0 Å². The number of nitrogens with one attached hydrogen (secondary N) is 1. The molecule has 1 aromatic carbocycles. The molecule has 0 unspecified atom stereocenters. The smallest absolute Gasteiger partial charge is 0.0202 e. The first kappa shape index (κ1) is 8.28. The van der Waals surface area contributed by atoms with Crippen molar-refractivity contribution in [3.63, 3.8) is 0 Å². The molecule has 0 spiro atoms. The molecule has 60 valence electrons. The van der Waals surface area contributed by atoms with Crippen LogP contribution in [0.3, 0.4) is 0 Å². The van der Waals surface area contributed by atoms with E-state index in [-0.39, 0.29) is 0 Å². The predicted octanol–water partition coefficient (Wildman–Crippen LogP) is 1.97. The normalized spacial score (nSPS) is 10.0. The zero-order valence-corrected chi connectivity index (χ0v) is 7.22. The van der Waals surface area contributed by atoms with Gasteiger partial charge in [-0.3, -0.25) is 0 Å². The SMILES string of the molecule is CCc1cccc(CNC)c1. The van der Waals surface area contributed by atoms with Crippen LogP contribution in [-0.2, 0) is 13.0 Å². The third kappa shape index (κ3) is 2.35. The Morgan fingerprint density at radius 1 is 1.27 bits per heavy atom. The maximum Gasteiger partial charge on any atom is 0.0202 e. The molecule has 0 atom stereocenters. The topological polar surface area (TPSA) is 12.0 Å². The lowest BCUT2D eigenvalue weighted by atomic mass is 10.1. The quantitative estimate of drug-likeness (QED) is 0.692. The van der Waals surface area contributed by atoms with Crippen LogP contribution in [0.5, 0.6) is 0 Å². The van der Waals surface area contributed by atoms with Gasteiger partial charge in [0.15, 0.2) is 0 Å². The van der Waals surface area contributed by atoms with Crippen LogP contribution >= 0.6 is 0 Å². The molecule has 0 aliphatic rings. The minimum Gasteiger partial charge on any atom is -0.316 e. The Hall–Kier alpha value is -0.820. The second kappa shape index (κ2) is 4.14. The Balaban J connectivity index is 2.74. The van der Waals surface area contributed by atoms with E-state index in [0.717, 1.165) is 13.0 Å². The summed E-state index contributed by atoms with van der Waals surface area (Å²) in [7, 11) is 1.97. The molecule has 1 rings (SSSR count). The van der Waals surface area contributed by atoms with E-state index in [2.05, 4.69) is 36.5 Å². The summed E-state index contributed by atoms with van der Waals surface area (Å²) < 4.78 is 0. The van der Waals surface area contributed by atoms with Crippen LogP contribution in [0.1, 0.15) is 18.1 Å². The summed E-state index contributed by atoms with van der Waals surface area (Å²) in [6.45, 7) is 3.15. The van der Waals surface area contributed by atoms with E-state index in [9.17, 15) is 0 Å². The number of aryl methyl sites for hydroxylation is 1. The van der Waals surface area contributed by atoms with Crippen LogP contribution in [0, 0.1) is 0 Å². The van der Waals surface area contributed by atoms with Gasteiger partial charge in [0.25, 0.3) is 0 Å². The van der Waals surface area contributed by atoms with Gasteiger partial charge in [-0.15, -0.1) is 0 Å². The van der Waals surface area contributed by atoms with Crippen molar-refractivity contribution in [3.05, 3.63) is 35.4 Å². The number of benzene rings is 1. The summed E-state index contributed by atoms with van der Waals surface area (Å²) in [5.41, 5.74) is 2.78. The van der Waals surface area contributed by atoms with Crippen molar-refractivity contribution >= 4 is 0 Å². The van der Waals surface area contributed by atoms with E-state index in [1.807, 2.05) is 7.05 Å². The lowest BCUT2D eigenvalue weighted by Crippen LogP contribution is -2.04. The van der Waals surface area contributed by atoms with Crippen molar-refractivity contribution in [2.75, 3.05) is 7.05 Å². The highest BCUT2D eigenvalue weighted by atomic mass is 14.8. The van der Waals surface area contributed by atoms with E-state index in [0.29, 0.717) is 0 Å². The largest absolute Gasteiger partial charge is 0.316 e. The zero-order valence-electron chi connectivity index (χ0n) is 7.22. The van der Waals surface area contributed by atoms with Gasteiger partial charge in [-0.25, -0.2) is 0 Å². The highest BCUT2D eigenvalue weighted by Gasteiger charge is 1.91. The van der Waals surface area contributed by atoms with Crippen molar-refractivity contribution in [2.45, 2.75) is 19.9 Å². The highest BCUT2D eigenvalue weighted by molar-refractivity contribution is 5.23. The molecular weight excluding hydrogens is 134 g/mol. The van der Waals surface area contributed by atoms with Crippen LogP contribution in [0.4, 0.5) is 0 Å². The number of rotatable bonds is 3. The van der Waals surface area contributed by atoms with Gasteiger partial charge in [-0.05, 0) is 24.6 Å². The molecule has 1 aromatic rings. The van der Waals surface area contributed by atoms with Crippen LogP contribution in [0.2, 0.25) is 0 Å². The average Bonchev–Trinajstić information content (AvgIpc) is 2.06. The average molecular weight is 149 g/mol. The Morgan fingerprint density at radius 2 is 2.00 bits per heavy atom. The first-order valence-corrected chi connectivity index (χ1v) is 4.09. The standard InChI is InChI=1S/C10H15N/c1-3-9-5-4-6-10(7-9)8-11-2/h4-7,11H,3,8H2,1-2H3. The molecule has 0 aromatic heterocycles. The Morgan fingerprint density at radius 3 is 2.64 bits per heavy atom. The van der Waals surface area contributed by atoms with E-state index in [1.165, 1.54) is 11.1 Å². The molecule has 0 saturated carbocycles. The van der Waals surface area contributed by atoms with Gasteiger partial charge in [0, 0.05) is 6.54 Å². The summed E-state index contributed by atoms with van der Waals surface area (Å²) in [6.07, 6.45) is 1.12. The van der Waals surface area contributed by atoms with Crippen LogP contribution in [0.25, 0.3) is 0 Å². The minimum absolute atomic E-state index is 0.966. The van der Waals surface area contributed by atoms with Crippen molar-refractivity contribution in [1.29, 1.82) is 0 Å². The first-order chi connectivity index (χ1) is 5.36. The molecule has 0 saturated heterocycles. The second-order valence-corrected chi connectivity index (χ2v) is 2.70. The Labute approximate surface area is 68.4 Å². The lowest BCUT2D eigenvalue weighted by Gasteiger charge is -2.01. The minimum atomic E-state index is 0.966. The number of hydrogen-bond donors (Lipinski definition) is 1. The second-order valence-electron chi connectivity index (χ2n) is 2.70. The summed E-state index contributed by atoms with van der Waals surface area (Å²) in [6, 6.07) is 8.68. The molecule has 0 amide bonds. The molecular formula is C10H15N. The maximum atomic E-state index is 3.14. The van der Waals surface area contributed by atoms with Crippen molar-refractivity contribution in [2.24, 2.45) is 0 Å². The van der Waals surface area contributed by atoms with E-state index in [4.69, 9.17) is 0 Å². The molecule has 1 heteroatoms. The Kier molecular flexibility index (Phi) is 3.12. The van der Waals surface area contributed by atoms with Gasteiger partial charge in [-0.2, -0.15) is 0 Å². The van der Waals surface area contributed by atoms with Crippen molar-refractivity contribution in [1.82, 2.24) is 5.32 Å². The summed E-state index contributed by atoms with van der Waals surface area (Å²) in [5, 5.41) is 3.14. The molecule has 0 bridgehead atoms. The predicted molar refractivity (Wildman–Crippen MR) is 48.6 cm³/mol. The zero-order chi connectivity index (χ0) is 8.10. The summed E-state index contributed by atoms with van der Waals surface area (Å²) in [4.78, 5) is 0. The lowest BCUT2D eigenvalue weighted by molar-refractivity contribution is 0.816. The van der Waals surface area contributed by atoms with Crippen LogP contribution < -0.4 is 5.32 Å². The fraction of sp³-hybridized carbons (Fsp3) is 0.400. The molecule has 1 nitrogen and oxygen atoms in total. The molecule has 1 N–H and O–H groups in total. The number of hydrogen-bond acceptors (Lipinski definition) is 1. The summed E-state index contributed by atoms with van der Waals surface area (Å²) >= 11 is 0. The fourth-order valence-corrected chi connectivity index (χ4v) is 1.16. The van der Waals surface area contributed by atoms with Crippen LogP contribution in [-0.4, -0.2) is 7.05 Å². The van der Waals surface area contributed by atoms with Gasteiger partial charge < -0.3 is 5.32 Å². The van der Waals surface area contributed by atoms with E-state index in [1.54, 1.807) is 0 Å². The third-order valence-electron chi connectivity index (χ3n) is 1.78. The molecule has 0 radical (unpaired) electrons.